The van der Waals surface area contributed by atoms with E-state index in [1.807, 2.05) is 12.1 Å². The van der Waals surface area contributed by atoms with Crippen LogP contribution >= 0.6 is 0 Å². The van der Waals surface area contributed by atoms with Gasteiger partial charge in [0, 0.05) is 23.5 Å². The highest BCUT2D eigenvalue weighted by atomic mass is 32.2. The molecule has 3 aromatic carbocycles. The minimum absolute atomic E-state index is 0.00296. The van der Waals surface area contributed by atoms with E-state index < -0.39 is 22.0 Å². The van der Waals surface area contributed by atoms with E-state index in [-0.39, 0.29) is 23.0 Å². The number of hydrogen-bond acceptors (Lipinski definition) is 6. The number of hydrogen-bond donors (Lipinski definition) is 2. The lowest BCUT2D eigenvalue weighted by molar-refractivity contribution is 0.0937. The van der Waals surface area contributed by atoms with Gasteiger partial charge >= 0.3 is 0 Å². The number of carbonyl (C=O) groups excluding carboxylic acids is 1. The number of rotatable bonds is 12. The molecule has 3 aromatic rings. The fraction of sp³-hybridized carbons (Fsp3) is 0.394. The summed E-state index contributed by atoms with van der Waals surface area (Å²) in [6.07, 6.45) is 4.40. The van der Waals surface area contributed by atoms with Crippen LogP contribution in [0.15, 0.2) is 71.6 Å². The maximum atomic E-state index is 13.2. The quantitative estimate of drug-likeness (QED) is 0.270. The lowest BCUT2D eigenvalue weighted by Gasteiger charge is -2.28. The van der Waals surface area contributed by atoms with Crippen LogP contribution in [0, 0.1) is 11.3 Å². The van der Waals surface area contributed by atoms with E-state index >= 15 is 0 Å². The average Bonchev–Trinajstić information content (AvgIpc) is 3.89. The van der Waals surface area contributed by atoms with Crippen LogP contribution in [0.25, 0.3) is 0 Å². The Morgan fingerprint density at radius 2 is 1.56 bits per heavy atom. The van der Waals surface area contributed by atoms with Crippen LogP contribution in [0.1, 0.15) is 90.9 Å². The summed E-state index contributed by atoms with van der Waals surface area (Å²) in [5, 5.41) is 22.6. The predicted octanol–water partition coefficient (Wildman–Crippen LogP) is 6.14. The van der Waals surface area contributed by atoms with Crippen molar-refractivity contribution < 1.29 is 18.3 Å². The minimum atomic E-state index is -3.34. The van der Waals surface area contributed by atoms with Gasteiger partial charge in [0.1, 0.15) is 0 Å². The van der Waals surface area contributed by atoms with Gasteiger partial charge in [-0.15, -0.1) is 0 Å². The smallest absolute Gasteiger partial charge is 0.251 e. The molecule has 0 aromatic heterocycles. The first-order valence-corrected chi connectivity index (χ1v) is 16.0. The molecule has 0 saturated heterocycles. The second-order valence-electron chi connectivity index (χ2n) is 11.3. The van der Waals surface area contributed by atoms with Gasteiger partial charge in [0.05, 0.1) is 35.3 Å². The minimum Gasteiger partial charge on any atom is -0.392 e. The van der Waals surface area contributed by atoms with Crippen molar-refractivity contribution >= 4 is 27.1 Å². The van der Waals surface area contributed by atoms with Crippen molar-refractivity contribution in [3.05, 3.63) is 89.0 Å². The number of anilines is 2. The molecule has 41 heavy (non-hydrogen) atoms. The zero-order valence-corrected chi connectivity index (χ0v) is 24.4. The molecule has 0 aliphatic heterocycles. The Balaban J connectivity index is 1.36. The number of carbonyl (C=O) groups is 1. The van der Waals surface area contributed by atoms with Gasteiger partial charge in [-0.25, -0.2) is 8.42 Å². The lowest BCUT2D eigenvalue weighted by Crippen LogP contribution is -2.29. The highest BCUT2D eigenvalue weighted by Crippen LogP contribution is 2.47. The molecule has 2 saturated carbocycles. The molecule has 0 bridgehead atoms. The van der Waals surface area contributed by atoms with Crippen LogP contribution < -0.4 is 10.2 Å². The molecule has 0 spiro atoms. The Morgan fingerprint density at radius 3 is 2.05 bits per heavy atom. The SMILES string of the molecule is CCS(=O)(=O)c1ccc([C@H](CC#N)NC(=O)c2ccc(N(CC(C)O)c3cc(C4CC4)cc(C4CC4)c3)cc2)cc1. The van der Waals surface area contributed by atoms with Gasteiger partial charge in [0.2, 0.25) is 0 Å². The fourth-order valence-electron chi connectivity index (χ4n) is 5.20. The summed E-state index contributed by atoms with van der Waals surface area (Å²) in [6, 6.07) is 22.0. The summed E-state index contributed by atoms with van der Waals surface area (Å²) < 4.78 is 24.3. The number of sulfone groups is 1. The normalized spacial score (nSPS) is 16.4. The summed E-state index contributed by atoms with van der Waals surface area (Å²) in [5.41, 5.74) is 5.82. The molecule has 1 amide bonds. The van der Waals surface area contributed by atoms with Crippen LogP contribution in [-0.4, -0.2) is 37.8 Å². The zero-order valence-electron chi connectivity index (χ0n) is 23.6. The monoisotopic (exact) mass is 571 g/mol. The molecular formula is C33H37N3O4S. The largest absolute Gasteiger partial charge is 0.392 e. The third-order valence-corrected chi connectivity index (χ3v) is 9.63. The molecule has 2 aliphatic rings. The molecule has 7 nitrogen and oxygen atoms in total. The number of nitrogens with one attached hydrogen (secondary N) is 1. The van der Waals surface area contributed by atoms with Crippen LogP contribution in [0.4, 0.5) is 11.4 Å². The fourth-order valence-corrected chi connectivity index (χ4v) is 6.08. The van der Waals surface area contributed by atoms with E-state index in [4.69, 9.17) is 0 Å². The van der Waals surface area contributed by atoms with E-state index in [1.165, 1.54) is 48.9 Å². The van der Waals surface area contributed by atoms with Crippen molar-refractivity contribution in [3.63, 3.8) is 0 Å². The molecule has 2 atom stereocenters. The van der Waals surface area contributed by atoms with Crippen LogP contribution in [-0.2, 0) is 9.84 Å². The van der Waals surface area contributed by atoms with Gasteiger partial charge in [-0.1, -0.05) is 25.1 Å². The summed E-state index contributed by atoms with van der Waals surface area (Å²) in [4.78, 5) is 15.5. The molecule has 214 valence electrons. The molecule has 2 fully saturated rings. The number of amides is 1. The third-order valence-electron chi connectivity index (χ3n) is 7.88. The summed E-state index contributed by atoms with van der Waals surface area (Å²) >= 11 is 0. The van der Waals surface area contributed by atoms with Crippen molar-refractivity contribution in [1.82, 2.24) is 5.32 Å². The predicted molar refractivity (Wildman–Crippen MR) is 160 cm³/mol. The average molecular weight is 572 g/mol. The number of benzene rings is 3. The highest BCUT2D eigenvalue weighted by Gasteiger charge is 2.29. The van der Waals surface area contributed by atoms with Crippen LogP contribution in [0.2, 0.25) is 0 Å². The lowest BCUT2D eigenvalue weighted by atomic mass is 10.0. The molecule has 5 rings (SSSR count). The van der Waals surface area contributed by atoms with E-state index in [0.717, 1.165) is 11.4 Å². The van der Waals surface area contributed by atoms with Crippen molar-refractivity contribution in [2.45, 2.75) is 74.8 Å². The van der Waals surface area contributed by atoms with E-state index in [0.29, 0.717) is 29.5 Å². The number of aliphatic hydroxyl groups excluding tert-OH is 1. The van der Waals surface area contributed by atoms with E-state index in [1.54, 1.807) is 38.1 Å². The zero-order chi connectivity index (χ0) is 29.1. The Morgan fingerprint density at radius 1 is 0.976 bits per heavy atom. The first-order chi connectivity index (χ1) is 19.7. The van der Waals surface area contributed by atoms with E-state index in [2.05, 4.69) is 34.5 Å². The first-order valence-electron chi connectivity index (χ1n) is 14.4. The third kappa shape index (κ3) is 6.98. The second kappa shape index (κ2) is 12.1. The van der Waals surface area contributed by atoms with Gasteiger partial charge in [-0.2, -0.15) is 5.26 Å². The number of nitriles is 1. The molecule has 1 unspecified atom stereocenters. The highest BCUT2D eigenvalue weighted by molar-refractivity contribution is 7.91. The van der Waals surface area contributed by atoms with Crippen molar-refractivity contribution in [2.75, 3.05) is 17.2 Å². The van der Waals surface area contributed by atoms with Crippen molar-refractivity contribution in [2.24, 2.45) is 0 Å². The molecule has 0 radical (unpaired) electrons. The van der Waals surface area contributed by atoms with Crippen LogP contribution in [0.5, 0.6) is 0 Å². The summed E-state index contributed by atoms with van der Waals surface area (Å²) in [7, 11) is -3.34. The topological polar surface area (TPSA) is 110 Å². The summed E-state index contributed by atoms with van der Waals surface area (Å²) in [6.45, 7) is 3.80. The molecule has 0 heterocycles. The Bertz CT molecular complexity index is 1500. The maximum absolute atomic E-state index is 13.2. The number of aliphatic hydroxyl groups is 1. The number of nitrogens with zero attached hydrogens (tertiary/aromatic N) is 2. The Hall–Kier alpha value is -3.67. The molecule has 2 N–H and O–H groups in total. The Kier molecular flexibility index (Phi) is 8.48. The molecule has 8 heteroatoms. The van der Waals surface area contributed by atoms with Crippen molar-refractivity contribution in [3.8, 4) is 6.07 Å². The van der Waals surface area contributed by atoms with Crippen LogP contribution in [0.3, 0.4) is 0 Å². The van der Waals surface area contributed by atoms with Gasteiger partial charge < -0.3 is 15.3 Å². The second-order valence-corrected chi connectivity index (χ2v) is 13.6. The molecule has 2 aliphatic carbocycles. The van der Waals surface area contributed by atoms with E-state index in [9.17, 15) is 23.6 Å². The maximum Gasteiger partial charge on any atom is 0.251 e. The molecular weight excluding hydrogens is 534 g/mol. The van der Waals surface area contributed by atoms with Gasteiger partial charge in [0.15, 0.2) is 9.84 Å². The van der Waals surface area contributed by atoms with Gasteiger partial charge in [-0.05, 0) is 110 Å². The first kappa shape index (κ1) is 28.8. The standard InChI is InChI=1S/C33H37N3O4S/c1-3-41(39,40)31-14-10-25(11-15-31)32(16-17-34)35-33(38)26-8-12-29(13-9-26)36(21-22(2)37)30-19-27(23-4-5-23)18-28(20-30)24-6-7-24/h8-15,18-20,22-24,32,37H,3-7,16,21H2,1-2H3,(H,35,38)/t22?,32-/m0/s1. The van der Waals surface area contributed by atoms with Crippen molar-refractivity contribution in [1.29, 1.82) is 5.26 Å². The Labute approximate surface area is 242 Å². The summed E-state index contributed by atoms with van der Waals surface area (Å²) in [5.74, 6) is 0.931. The van der Waals surface area contributed by atoms with Gasteiger partial charge in [0.25, 0.3) is 5.91 Å². The van der Waals surface area contributed by atoms with Gasteiger partial charge in [-0.3, -0.25) is 4.79 Å².